The molecule has 2 aromatic carbocycles. The van der Waals surface area contributed by atoms with Gasteiger partial charge in [-0.25, -0.2) is 5.43 Å². The number of fused-ring (bicyclic) bond motifs is 7. The molecule has 0 radical (unpaired) electrons. The van der Waals surface area contributed by atoms with Gasteiger partial charge in [-0.2, -0.15) is 0 Å². The van der Waals surface area contributed by atoms with Crippen LogP contribution in [0.25, 0.3) is 33.3 Å². The van der Waals surface area contributed by atoms with Crippen molar-refractivity contribution in [1.82, 2.24) is 40.0 Å². The molecule has 0 saturated carbocycles. The van der Waals surface area contributed by atoms with Crippen LogP contribution in [0, 0.1) is 17.3 Å². The third kappa shape index (κ3) is 10.3. The van der Waals surface area contributed by atoms with Crippen molar-refractivity contribution in [2.75, 3.05) is 54.0 Å². The Hall–Kier alpha value is -5.90. The van der Waals surface area contributed by atoms with E-state index >= 15 is 0 Å². The van der Waals surface area contributed by atoms with Crippen LogP contribution >= 0.6 is 0 Å². The summed E-state index contributed by atoms with van der Waals surface area (Å²) in [7, 11) is 5.47. The molecule has 2 aromatic heterocycles. The van der Waals surface area contributed by atoms with Crippen molar-refractivity contribution in [3.8, 4) is 22.4 Å². The molecule has 0 unspecified atom stereocenters. The van der Waals surface area contributed by atoms with Gasteiger partial charge in [0.1, 0.15) is 18.1 Å². The molecule has 2 saturated heterocycles. The number of nitrogens with zero attached hydrogens (tertiary/aromatic N) is 6. The fourth-order valence-corrected chi connectivity index (χ4v) is 11.1. The number of carbonyl (C=O) groups excluding carboxylic acids is 5. The summed E-state index contributed by atoms with van der Waals surface area (Å²) in [5.74, 6) is -2.55. The van der Waals surface area contributed by atoms with Crippen molar-refractivity contribution in [3.63, 3.8) is 0 Å². The van der Waals surface area contributed by atoms with Crippen molar-refractivity contribution >= 4 is 40.5 Å². The summed E-state index contributed by atoms with van der Waals surface area (Å²) < 4.78 is 14.6. The van der Waals surface area contributed by atoms with Crippen LogP contribution in [0.3, 0.4) is 0 Å². The predicted octanol–water partition coefficient (Wildman–Crippen LogP) is 6.25. The van der Waals surface area contributed by atoms with Gasteiger partial charge in [0.25, 0.3) is 5.91 Å². The number of pyridine rings is 1. The van der Waals surface area contributed by atoms with E-state index in [4.69, 9.17) is 14.5 Å². The maximum absolute atomic E-state index is 14.8. The van der Waals surface area contributed by atoms with Crippen molar-refractivity contribution in [2.24, 2.45) is 17.3 Å². The first kappa shape index (κ1) is 50.5. The number of esters is 1. The molecular weight excluding hydrogens is 885 g/mol. The molecule has 0 spiro atoms. The van der Waals surface area contributed by atoms with Crippen LogP contribution in [0.15, 0.2) is 61.2 Å². The molecule has 15 nitrogen and oxygen atoms in total. The Labute approximate surface area is 412 Å². The number of methoxy groups -OCH3 is 1. The van der Waals surface area contributed by atoms with E-state index in [9.17, 15) is 24.0 Å². The van der Waals surface area contributed by atoms with Crippen molar-refractivity contribution in [2.45, 2.75) is 117 Å². The summed E-state index contributed by atoms with van der Waals surface area (Å²) in [6.07, 6.45) is 4.12. The lowest BCUT2D eigenvalue weighted by atomic mass is 9.83. The lowest BCUT2D eigenvalue weighted by molar-refractivity contribution is -0.155. The van der Waals surface area contributed by atoms with Gasteiger partial charge in [-0.05, 0) is 111 Å². The Morgan fingerprint density at radius 2 is 1.83 bits per heavy atom. The number of cyclic esters (lactones) is 1. The summed E-state index contributed by atoms with van der Waals surface area (Å²) >= 11 is 0. The number of amides is 4. The maximum atomic E-state index is 14.8. The Balaban J connectivity index is 1.20. The average Bonchev–Trinajstić information content (AvgIpc) is 3.96. The van der Waals surface area contributed by atoms with Gasteiger partial charge in [0.05, 0.1) is 35.7 Å². The first-order valence-electron chi connectivity index (χ1n) is 25.1. The summed E-state index contributed by atoms with van der Waals surface area (Å²) in [4.78, 5) is 80.4. The lowest BCUT2D eigenvalue weighted by Gasteiger charge is -2.37. The van der Waals surface area contributed by atoms with E-state index in [0.29, 0.717) is 45.3 Å². The molecule has 6 bridgehead atoms. The predicted molar refractivity (Wildman–Crippen MR) is 270 cm³/mol. The summed E-state index contributed by atoms with van der Waals surface area (Å²) in [6, 6.07) is 14.3. The highest BCUT2D eigenvalue weighted by molar-refractivity contribution is 5.96. The zero-order valence-electron chi connectivity index (χ0n) is 42.6. The van der Waals surface area contributed by atoms with Crippen LogP contribution in [0.4, 0.5) is 0 Å². The smallest absolute Gasteiger partial charge is 0.324 e. The molecule has 15 heteroatoms. The quantitative estimate of drug-likeness (QED) is 0.138. The van der Waals surface area contributed by atoms with E-state index in [1.807, 2.05) is 26.0 Å². The lowest BCUT2D eigenvalue weighted by Crippen LogP contribution is -2.62. The zero-order chi connectivity index (χ0) is 50.2. The number of hydrazine groups is 1. The van der Waals surface area contributed by atoms with Crippen LogP contribution in [0.5, 0.6) is 0 Å². The molecule has 5 atom stereocenters. The number of aromatic nitrogens is 2. The van der Waals surface area contributed by atoms with Gasteiger partial charge in [0, 0.05) is 81.7 Å². The molecule has 70 heavy (non-hydrogen) atoms. The number of rotatable bonds is 10. The second-order valence-electron chi connectivity index (χ2n) is 21.0. The molecule has 6 heterocycles. The third-order valence-corrected chi connectivity index (χ3v) is 14.9. The Morgan fingerprint density at radius 1 is 1.06 bits per heavy atom. The molecule has 0 aliphatic carbocycles. The number of likely N-dealkylation sites (tertiary alicyclic amines) is 1. The number of carbonyl (C=O) groups is 5. The zero-order valence-corrected chi connectivity index (χ0v) is 42.6. The van der Waals surface area contributed by atoms with Crippen LogP contribution in [-0.4, -0.2) is 131 Å². The molecular formula is C55H72N8O7. The Kier molecular flexibility index (Phi) is 15.0. The average molecular weight is 957 g/mol. The summed E-state index contributed by atoms with van der Waals surface area (Å²) in [5, 5.41) is 5.62. The van der Waals surface area contributed by atoms with Gasteiger partial charge in [-0.15, -0.1) is 0 Å². The van der Waals surface area contributed by atoms with Crippen LogP contribution < -0.4 is 10.7 Å². The highest BCUT2D eigenvalue weighted by atomic mass is 16.5. The Bertz CT molecular complexity index is 2670. The molecule has 2 N–H and O–H groups in total. The van der Waals surface area contributed by atoms with Gasteiger partial charge in [-0.1, -0.05) is 64.6 Å². The number of ether oxygens (including phenoxy) is 2. The van der Waals surface area contributed by atoms with Crippen LogP contribution in [-0.2, 0) is 65.8 Å². The van der Waals surface area contributed by atoms with E-state index in [1.54, 1.807) is 19.1 Å². The molecule has 374 valence electrons. The molecule has 2 fully saturated rings. The van der Waals surface area contributed by atoms with Gasteiger partial charge in [0.2, 0.25) is 17.7 Å². The maximum Gasteiger partial charge on any atom is 0.324 e. The van der Waals surface area contributed by atoms with E-state index in [2.05, 4.69) is 97.9 Å². The number of hydrogen-bond acceptors (Lipinski definition) is 10. The second kappa shape index (κ2) is 20.8. The summed E-state index contributed by atoms with van der Waals surface area (Å²) in [6.45, 7) is 19.4. The van der Waals surface area contributed by atoms with Crippen molar-refractivity contribution in [3.05, 3.63) is 89.3 Å². The van der Waals surface area contributed by atoms with E-state index in [1.165, 1.54) is 21.5 Å². The van der Waals surface area contributed by atoms with Gasteiger partial charge < -0.3 is 34.1 Å². The monoisotopic (exact) mass is 957 g/mol. The topological polar surface area (TPSA) is 159 Å². The fourth-order valence-electron chi connectivity index (χ4n) is 11.1. The number of likely N-dealkylation sites (N-methyl/N-ethyl adjacent to an activating group) is 2. The fraction of sp³-hybridized carbons (Fsp3) is 0.527. The van der Waals surface area contributed by atoms with E-state index in [0.717, 1.165) is 75.3 Å². The second-order valence-corrected chi connectivity index (χ2v) is 21.0. The third-order valence-electron chi connectivity index (χ3n) is 14.9. The Morgan fingerprint density at radius 3 is 2.56 bits per heavy atom. The number of aryl methyl sites for hydroxylation is 1. The normalized spacial score (nSPS) is 21.7. The van der Waals surface area contributed by atoms with Gasteiger partial charge in [0.15, 0.2) is 0 Å². The largest absolute Gasteiger partial charge is 0.464 e. The number of nitrogens with one attached hydrogen (secondary N) is 2. The van der Waals surface area contributed by atoms with Gasteiger partial charge >= 0.3 is 5.97 Å². The van der Waals surface area contributed by atoms with Crippen LogP contribution in [0.2, 0.25) is 0 Å². The molecule has 4 amide bonds. The van der Waals surface area contributed by atoms with Crippen LogP contribution in [0.1, 0.15) is 95.0 Å². The standard InChI is InChI=1S/C55H72N8O7/c1-11-47(64)61-24-21-39(30-61)52(66)60(9)49(33(3)4)51(65)57-44-26-35-15-13-16-36(25-35)37-18-19-46-40(27-37)42(29-55(6,7)32-70-54(68)43-17-14-22-63(58-43)53(44)67)50(62(46)12-2)41-28-38-20-23-59(8)31-45(38)56-48(41)34(5)69-10/h11,13,15-16,18-19,25,27-28,33-34,39,43-44,49,58H,1,12,14,17,20-24,26,29-32H2,2-10H3,(H,57,65)/t34-,39-,43-,44-,49-/m0/s1. The number of benzene rings is 2. The minimum absolute atomic E-state index is 0.138. The van der Waals surface area contributed by atoms with Crippen molar-refractivity contribution in [1.29, 1.82) is 0 Å². The van der Waals surface area contributed by atoms with Gasteiger partial charge in [-0.3, -0.25) is 34.0 Å². The van der Waals surface area contributed by atoms with E-state index < -0.39 is 47.2 Å². The molecule has 4 aliphatic rings. The van der Waals surface area contributed by atoms with E-state index in [-0.39, 0.29) is 43.4 Å². The number of hydrogen-bond donors (Lipinski definition) is 2. The first-order valence-corrected chi connectivity index (χ1v) is 25.1. The summed E-state index contributed by atoms with van der Waals surface area (Å²) in [5.41, 5.74) is 13.0. The first-order chi connectivity index (χ1) is 33.4. The molecule has 4 aromatic rings. The highest BCUT2D eigenvalue weighted by Gasteiger charge is 2.40. The molecule has 4 aliphatic heterocycles. The highest BCUT2D eigenvalue weighted by Crippen LogP contribution is 2.43. The minimum atomic E-state index is -1.05. The minimum Gasteiger partial charge on any atom is -0.464 e. The molecule has 8 rings (SSSR count). The SMILES string of the molecule is C=CC(=O)N1CC[C@H](C(=O)N(C)[C@H](C(=O)N[C@H]2Cc3cccc(c3)-c3ccc4c(c3)c(c(-c3cc5c(nc3[C@H](C)OC)CN(C)CC5)n4CC)CC(C)(C)COC(=O)[C@@H]3CCCN(N3)C2=O)C(C)C)C1. The van der Waals surface area contributed by atoms with Crippen molar-refractivity contribution < 1.29 is 33.4 Å².